The smallest absolute Gasteiger partial charge is 0.259 e. The van der Waals surface area contributed by atoms with Gasteiger partial charge in [-0.3, -0.25) is 14.5 Å². The number of ether oxygens (including phenoxy) is 2. The van der Waals surface area contributed by atoms with Gasteiger partial charge in [0.25, 0.3) is 5.91 Å². The average Bonchev–Trinajstić information content (AvgIpc) is 2.75. The fraction of sp³-hybridized carbons (Fsp3) is 0.364. The molecule has 0 unspecified atom stereocenters. The van der Waals surface area contributed by atoms with Crippen LogP contribution < -0.4 is 15.4 Å². The van der Waals surface area contributed by atoms with Crippen LogP contribution in [0.3, 0.4) is 0 Å². The molecular weight excluding hydrogens is 389 g/mol. The van der Waals surface area contributed by atoms with Gasteiger partial charge in [0.15, 0.2) is 0 Å². The summed E-state index contributed by atoms with van der Waals surface area (Å²) in [5, 5.41) is 5.31. The highest BCUT2D eigenvalue weighted by atomic mass is 19.1. The van der Waals surface area contributed by atoms with Crippen LogP contribution in [-0.2, 0) is 9.53 Å². The zero-order valence-corrected chi connectivity index (χ0v) is 17.2. The molecule has 0 atom stereocenters. The summed E-state index contributed by atoms with van der Waals surface area (Å²) in [6, 6.07) is 9.33. The van der Waals surface area contributed by atoms with Gasteiger partial charge in [0.05, 0.1) is 31.6 Å². The average molecular weight is 415 g/mol. The molecule has 30 heavy (non-hydrogen) atoms. The highest BCUT2D eigenvalue weighted by Gasteiger charge is 2.16. The lowest BCUT2D eigenvalue weighted by Gasteiger charge is -2.26. The van der Waals surface area contributed by atoms with Crippen LogP contribution in [0.4, 0.5) is 15.8 Å². The number of carbonyl (C=O) groups excluding carboxylic acids is 2. The molecule has 2 N–H and O–H groups in total. The lowest BCUT2D eigenvalue weighted by molar-refractivity contribution is -0.116. The summed E-state index contributed by atoms with van der Waals surface area (Å²) in [6.45, 7) is 5.34. The second-order valence-electron chi connectivity index (χ2n) is 7.10. The number of hydrogen-bond acceptors (Lipinski definition) is 5. The first-order chi connectivity index (χ1) is 14.5. The SMILES string of the molecule is COc1ccc(C)cc1C(=O)Nc1ccc(F)c(NC(=O)CCN2CCOCC2)c1. The first-order valence-corrected chi connectivity index (χ1v) is 9.82. The van der Waals surface area contributed by atoms with Crippen LogP contribution in [0, 0.1) is 12.7 Å². The van der Waals surface area contributed by atoms with Crippen molar-refractivity contribution >= 4 is 23.2 Å². The Balaban J connectivity index is 1.64. The zero-order valence-electron chi connectivity index (χ0n) is 17.2. The summed E-state index contributed by atoms with van der Waals surface area (Å²) >= 11 is 0. The molecule has 0 aromatic heterocycles. The Bertz CT molecular complexity index is 913. The van der Waals surface area contributed by atoms with Gasteiger partial charge in [-0.1, -0.05) is 11.6 Å². The molecule has 0 aliphatic carbocycles. The second-order valence-corrected chi connectivity index (χ2v) is 7.10. The van der Waals surface area contributed by atoms with Crippen LogP contribution in [0.1, 0.15) is 22.3 Å². The first kappa shape index (κ1) is 21.7. The fourth-order valence-electron chi connectivity index (χ4n) is 3.19. The molecule has 0 bridgehead atoms. The van der Waals surface area contributed by atoms with Crippen molar-refractivity contribution in [3.05, 3.63) is 53.3 Å². The third-order valence-electron chi connectivity index (χ3n) is 4.86. The largest absolute Gasteiger partial charge is 0.496 e. The van der Waals surface area contributed by atoms with Gasteiger partial charge in [0, 0.05) is 31.7 Å². The van der Waals surface area contributed by atoms with E-state index in [-0.39, 0.29) is 23.9 Å². The maximum atomic E-state index is 14.2. The first-order valence-electron chi connectivity index (χ1n) is 9.82. The van der Waals surface area contributed by atoms with E-state index >= 15 is 0 Å². The number of rotatable bonds is 7. The molecule has 2 aromatic carbocycles. The predicted molar refractivity (Wildman–Crippen MR) is 113 cm³/mol. The number of anilines is 2. The number of carbonyl (C=O) groups is 2. The number of methoxy groups -OCH3 is 1. The van der Waals surface area contributed by atoms with Gasteiger partial charge in [0.1, 0.15) is 11.6 Å². The van der Waals surface area contributed by atoms with E-state index in [1.807, 2.05) is 13.0 Å². The molecule has 2 aromatic rings. The Kier molecular flexibility index (Phi) is 7.37. The van der Waals surface area contributed by atoms with Crippen molar-refractivity contribution in [1.82, 2.24) is 4.90 Å². The van der Waals surface area contributed by atoms with E-state index in [1.165, 1.54) is 25.3 Å². The molecule has 3 rings (SSSR count). The van der Waals surface area contributed by atoms with E-state index in [2.05, 4.69) is 15.5 Å². The molecule has 2 amide bonds. The quantitative estimate of drug-likeness (QED) is 0.727. The summed E-state index contributed by atoms with van der Waals surface area (Å²) in [6.07, 6.45) is 0.247. The summed E-state index contributed by atoms with van der Waals surface area (Å²) in [4.78, 5) is 27.0. The second kappa shape index (κ2) is 10.2. The lowest BCUT2D eigenvalue weighted by Crippen LogP contribution is -2.38. The molecule has 1 heterocycles. The Morgan fingerprint density at radius 2 is 1.90 bits per heavy atom. The number of aryl methyl sites for hydroxylation is 1. The number of benzene rings is 2. The topological polar surface area (TPSA) is 79.9 Å². The zero-order chi connectivity index (χ0) is 21.5. The molecule has 0 spiro atoms. The standard InChI is InChI=1S/C22H26FN3O4/c1-15-3-6-20(29-2)17(13-15)22(28)24-16-4-5-18(23)19(14-16)25-21(27)7-8-26-9-11-30-12-10-26/h3-6,13-14H,7-12H2,1-2H3,(H,24,28)(H,25,27). The highest BCUT2D eigenvalue weighted by Crippen LogP contribution is 2.24. The van der Waals surface area contributed by atoms with Crippen molar-refractivity contribution < 1.29 is 23.5 Å². The molecule has 1 saturated heterocycles. The fourth-order valence-corrected chi connectivity index (χ4v) is 3.19. The number of halogens is 1. The van der Waals surface area contributed by atoms with Crippen molar-refractivity contribution in [3.63, 3.8) is 0 Å². The minimum atomic E-state index is -0.569. The van der Waals surface area contributed by atoms with Crippen LogP contribution in [0.2, 0.25) is 0 Å². The van der Waals surface area contributed by atoms with Crippen LogP contribution in [-0.4, -0.2) is 56.7 Å². The summed E-state index contributed by atoms with van der Waals surface area (Å²) < 4.78 is 24.7. The van der Waals surface area contributed by atoms with Crippen LogP contribution in [0.25, 0.3) is 0 Å². The van der Waals surface area contributed by atoms with E-state index < -0.39 is 5.82 Å². The number of amides is 2. The van der Waals surface area contributed by atoms with E-state index in [0.29, 0.717) is 36.8 Å². The molecule has 1 aliphatic rings. The lowest BCUT2D eigenvalue weighted by atomic mass is 10.1. The van der Waals surface area contributed by atoms with E-state index in [1.54, 1.807) is 12.1 Å². The molecule has 0 saturated carbocycles. The number of hydrogen-bond donors (Lipinski definition) is 2. The third kappa shape index (κ3) is 5.77. The van der Waals surface area contributed by atoms with Crippen molar-refractivity contribution in [2.24, 2.45) is 0 Å². The van der Waals surface area contributed by atoms with Gasteiger partial charge in [-0.05, 0) is 37.3 Å². The maximum absolute atomic E-state index is 14.2. The normalized spacial score (nSPS) is 14.2. The molecule has 0 radical (unpaired) electrons. The van der Waals surface area contributed by atoms with Gasteiger partial charge >= 0.3 is 0 Å². The number of nitrogens with zero attached hydrogens (tertiary/aromatic N) is 1. The van der Waals surface area contributed by atoms with E-state index in [0.717, 1.165) is 18.7 Å². The molecule has 160 valence electrons. The molecular formula is C22H26FN3O4. The Morgan fingerprint density at radius 3 is 2.63 bits per heavy atom. The van der Waals surface area contributed by atoms with E-state index in [4.69, 9.17) is 9.47 Å². The van der Waals surface area contributed by atoms with Crippen LogP contribution >= 0.6 is 0 Å². The van der Waals surface area contributed by atoms with Crippen molar-refractivity contribution in [1.29, 1.82) is 0 Å². The summed E-state index contributed by atoms with van der Waals surface area (Å²) in [5.41, 5.74) is 1.68. The molecule has 7 nitrogen and oxygen atoms in total. The van der Waals surface area contributed by atoms with Gasteiger partial charge < -0.3 is 20.1 Å². The number of nitrogens with one attached hydrogen (secondary N) is 2. The van der Waals surface area contributed by atoms with E-state index in [9.17, 15) is 14.0 Å². The van der Waals surface area contributed by atoms with Gasteiger partial charge in [0.2, 0.25) is 5.91 Å². The van der Waals surface area contributed by atoms with Crippen molar-refractivity contribution in [2.75, 3.05) is 50.6 Å². The van der Waals surface area contributed by atoms with Crippen LogP contribution in [0.5, 0.6) is 5.75 Å². The minimum Gasteiger partial charge on any atom is -0.496 e. The highest BCUT2D eigenvalue weighted by molar-refractivity contribution is 6.06. The molecule has 1 fully saturated rings. The minimum absolute atomic E-state index is 0.0241. The molecule has 8 heteroatoms. The Hall–Kier alpha value is -2.97. The Labute approximate surface area is 175 Å². The monoisotopic (exact) mass is 415 g/mol. The summed E-state index contributed by atoms with van der Waals surface area (Å²) in [5.74, 6) is -0.798. The Morgan fingerprint density at radius 1 is 1.13 bits per heavy atom. The van der Waals surface area contributed by atoms with Gasteiger partial charge in [-0.25, -0.2) is 4.39 Å². The maximum Gasteiger partial charge on any atom is 0.259 e. The predicted octanol–water partition coefficient (Wildman–Crippen LogP) is 3.06. The third-order valence-corrected chi connectivity index (χ3v) is 4.86. The van der Waals surface area contributed by atoms with Crippen molar-refractivity contribution in [3.8, 4) is 5.75 Å². The number of morpholine rings is 1. The van der Waals surface area contributed by atoms with Gasteiger partial charge in [-0.15, -0.1) is 0 Å². The van der Waals surface area contributed by atoms with Crippen LogP contribution in [0.15, 0.2) is 36.4 Å². The molecule has 1 aliphatic heterocycles. The van der Waals surface area contributed by atoms with Gasteiger partial charge in [-0.2, -0.15) is 0 Å². The van der Waals surface area contributed by atoms with Crippen molar-refractivity contribution in [2.45, 2.75) is 13.3 Å². The summed E-state index contributed by atoms with van der Waals surface area (Å²) in [7, 11) is 1.49.